The SMILES string of the molecule is N[C@@H]1CC[C@H](N)N1C(=O)CNC1(CO)CCCC1. The van der Waals surface area contributed by atoms with Crippen LogP contribution in [-0.4, -0.2) is 46.9 Å². The van der Waals surface area contributed by atoms with Gasteiger partial charge in [0.25, 0.3) is 0 Å². The molecule has 1 heterocycles. The van der Waals surface area contributed by atoms with Gasteiger partial charge in [-0.3, -0.25) is 4.79 Å². The molecule has 0 bridgehead atoms. The van der Waals surface area contributed by atoms with E-state index < -0.39 is 0 Å². The maximum Gasteiger partial charge on any atom is 0.239 e. The summed E-state index contributed by atoms with van der Waals surface area (Å²) < 4.78 is 0. The zero-order valence-electron chi connectivity index (χ0n) is 10.8. The summed E-state index contributed by atoms with van der Waals surface area (Å²) >= 11 is 0. The van der Waals surface area contributed by atoms with Crippen molar-refractivity contribution in [1.82, 2.24) is 10.2 Å². The van der Waals surface area contributed by atoms with Crippen LogP contribution in [0.3, 0.4) is 0 Å². The summed E-state index contributed by atoms with van der Waals surface area (Å²) in [5.41, 5.74) is 11.5. The number of hydrogen-bond donors (Lipinski definition) is 4. The summed E-state index contributed by atoms with van der Waals surface area (Å²) in [5.74, 6) is -0.0628. The van der Waals surface area contributed by atoms with E-state index in [9.17, 15) is 9.90 Å². The molecule has 0 spiro atoms. The number of amides is 1. The lowest BCUT2D eigenvalue weighted by atomic mass is 9.99. The summed E-state index contributed by atoms with van der Waals surface area (Å²) in [5, 5.41) is 12.7. The molecule has 104 valence electrons. The minimum atomic E-state index is -0.274. The first-order valence-electron chi connectivity index (χ1n) is 6.76. The van der Waals surface area contributed by atoms with Gasteiger partial charge in [0, 0.05) is 5.54 Å². The van der Waals surface area contributed by atoms with E-state index in [0.29, 0.717) is 0 Å². The number of nitrogens with zero attached hydrogens (tertiary/aromatic N) is 1. The van der Waals surface area contributed by atoms with Crippen molar-refractivity contribution >= 4 is 5.91 Å². The molecule has 0 aromatic carbocycles. The summed E-state index contributed by atoms with van der Waals surface area (Å²) in [6.07, 6.45) is 5.06. The fourth-order valence-corrected chi connectivity index (χ4v) is 3.03. The van der Waals surface area contributed by atoms with Gasteiger partial charge in [0.2, 0.25) is 5.91 Å². The number of nitrogens with one attached hydrogen (secondary N) is 1. The second-order valence-electron chi connectivity index (χ2n) is 5.51. The van der Waals surface area contributed by atoms with Gasteiger partial charge in [0.15, 0.2) is 0 Å². The molecule has 6 N–H and O–H groups in total. The van der Waals surface area contributed by atoms with Crippen LogP contribution in [0.25, 0.3) is 0 Å². The van der Waals surface area contributed by atoms with E-state index in [0.717, 1.165) is 38.5 Å². The van der Waals surface area contributed by atoms with Gasteiger partial charge in [-0.05, 0) is 25.7 Å². The molecule has 6 heteroatoms. The molecule has 0 radical (unpaired) electrons. The van der Waals surface area contributed by atoms with Gasteiger partial charge >= 0.3 is 0 Å². The highest BCUT2D eigenvalue weighted by Crippen LogP contribution is 2.29. The number of aliphatic hydroxyl groups is 1. The minimum absolute atomic E-state index is 0.0628. The molecule has 2 rings (SSSR count). The van der Waals surface area contributed by atoms with Crippen molar-refractivity contribution in [1.29, 1.82) is 0 Å². The van der Waals surface area contributed by atoms with Crippen LogP contribution in [0.5, 0.6) is 0 Å². The summed E-state index contributed by atoms with van der Waals surface area (Å²) in [4.78, 5) is 13.7. The Balaban J connectivity index is 1.87. The Morgan fingerprint density at radius 1 is 1.28 bits per heavy atom. The van der Waals surface area contributed by atoms with Gasteiger partial charge in [0.05, 0.1) is 25.5 Å². The maximum atomic E-state index is 12.1. The van der Waals surface area contributed by atoms with Crippen molar-refractivity contribution in [2.45, 2.75) is 56.4 Å². The molecule has 1 amide bonds. The molecule has 2 fully saturated rings. The van der Waals surface area contributed by atoms with E-state index >= 15 is 0 Å². The average molecular weight is 256 g/mol. The van der Waals surface area contributed by atoms with Gasteiger partial charge in [-0.25, -0.2) is 0 Å². The largest absolute Gasteiger partial charge is 0.394 e. The fourth-order valence-electron chi connectivity index (χ4n) is 3.03. The summed E-state index contributed by atoms with van der Waals surface area (Å²) in [7, 11) is 0. The fraction of sp³-hybridized carbons (Fsp3) is 0.917. The van der Waals surface area contributed by atoms with Crippen LogP contribution in [0.2, 0.25) is 0 Å². The van der Waals surface area contributed by atoms with Crippen LogP contribution < -0.4 is 16.8 Å². The zero-order valence-corrected chi connectivity index (χ0v) is 10.8. The van der Waals surface area contributed by atoms with Crippen LogP contribution in [0, 0.1) is 0 Å². The first-order valence-corrected chi connectivity index (χ1v) is 6.76. The van der Waals surface area contributed by atoms with E-state index in [4.69, 9.17) is 11.5 Å². The second-order valence-corrected chi connectivity index (χ2v) is 5.51. The van der Waals surface area contributed by atoms with Crippen molar-refractivity contribution < 1.29 is 9.90 Å². The van der Waals surface area contributed by atoms with Gasteiger partial charge in [-0.2, -0.15) is 0 Å². The predicted octanol–water partition coefficient (Wildman–Crippen LogP) is -0.927. The highest BCUT2D eigenvalue weighted by molar-refractivity contribution is 5.79. The number of rotatable bonds is 4. The number of carbonyl (C=O) groups is 1. The van der Waals surface area contributed by atoms with Crippen molar-refractivity contribution in [3.63, 3.8) is 0 Å². The maximum absolute atomic E-state index is 12.1. The summed E-state index contributed by atoms with van der Waals surface area (Å²) in [6.45, 7) is 0.292. The lowest BCUT2D eigenvalue weighted by Gasteiger charge is -2.31. The Morgan fingerprint density at radius 2 is 1.83 bits per heavy atom. The Kier molecular flexibility index (Phi) is 4.21. The Bertz CT molecular complexity index is 294. The standard InChI is InChI=1S/C12H24N4O2/c13-9-3-4-10(14)16(9)11(18)7-15-12(8-17)5-1-2-6-12/h9-10,15,17H,1-8,13-14H2/t9-,10+. The highest BCUT2D eigenvalue weighted by Gasteiger charge is 2.36. The van der Waals surface area contributed by atoms with Crippen LogP contribution in [0.4, 0.5) is 0 Å². The molecule has 2 aliphatic rings. The second kappa shape index (κ2) is 5.52. The predicted molar refractivity (Wildman–Crippen MR) is 68.3 cm³/mol. The van der Waals surface area contributed by atoms with E-state index in [1.54, 1.807) is 4.90 Å². The zero-order chi connectivity index (χ0) is 13.2. The lowest BCUT2D eigenvalue weighted by Crippen LogP contribution is -2.55. The molecular formula is C12H24N4O2. The highest BCUT2D eigenvalue weighted by atomic mass is 16.3. The van der Waals surface area contributed by atoms with Crippen LogP contribution in [0.1, 0.15) is 38.5 Å². The average Bonchev–Trinajstić information content (AvgIpc) is 2.95. The Hall–Kier alpha value is -0.690. The monoisotopic (exact) mass is 256 g/mol. The molecule has 2 atom stereocenters. The molecule has 0 aromatic heterocycles. The molecule has 18 heavy (non-hydrogen) atoms. The topological polar surface area (TPSA) is 105 Å². The normalized spacial score (nSPS) is 30.9. The van der Waals surface area contributed by atoms with Crippen molar-refractivity contribution in [2.75, 3.05) is 13.2 Å². The van der Waals surface area contributed by atoms with Gasteiger partial charge in [0.1, 0.15) is 0 Å². The smallest absolute Gasteiger partial charge is 0.239 e. The molecule has 1 saturated heterocycles. The van der Waals surface area contributed by atoms with Gasteiger partial charge in [-0.15, -0.1) is 0 Å². The van der Waals surface area contributed by atoms with Crippen LogP contribution >= 0.6 is 0 Å². The van der Waals surface area contributed by atoms with E-state index in [2.05, 4.69) is 5.32 Å². The number of hydrogen-bond acceptors (Lipinski definition) is 5. The lowest BCUT2D eigenvalue weighted by molar-refractivity contribution is -0.133. The van der Waals surface area contributed by atoms with Gasteiger partial charge in [-0.1, -0.05) is 12.8 Å². The quantitative estimate of drug-likeness (QED) is 0.520. The first kappa shape index (κ1) is 13.7. The van der Waals surface area contributed by atoms with Crippen molar-refractivity contribution in [3.05, 3.63) is 0 Å². The molecule has 0 aromatic rings. The van der Waals surface area contributed by atoms with Gasteiger partial charge < -0.3 is 26.8 Å². The van der Waals surface area contributed by atoms with E-state index in [1.807, 2.05) is 0 Å². The number of likely N-dealkylation sites (tertiary alicyclic amines) is 1. The molecule has 6 nitrogen and oxygen atoms in total. The van der Waals surface area contributed by atoms with Crippen LogP contribution in [0.15, 0.2) is 0 Å². The molecular weight excluding hydrogens is 232 g/mol. The van der Waals surface area contributed by atoms with Crippen molar-refractivity contribution in [3.8, 4) is 0 Å². The van der Waals surface area contributed by atoms with E-state index in [-0.39, 0.29) is 36.9 Å². The third kappa shape index (κ3) is 2.66. The molecule has 1 aliphatic heterocycles. The van der Waals surface area contributed by atoms with Crippen molar-refractivity contribution in [2.24, 2.45) is 11.5 Å². The molecule has 0 unspecified atom stereocenters. The minimum Gasteiger partial charge on any atom is -0.394 e. The summed E-state index contributed by atoms with van der Waals surface area (Å²) in [6, 6.07) is 0. The molecule has 1 saturated carbocycles. The third-order valence-electron chi connectivity index (χ3n) is 4.24. The number of carbonyl (C=O) groups excluding carboxylic acids is 1. The van der Waals surface area contributed by atoms with Crippen LogP contribution in [-0.2, 0) is 4.79 Å². The number of nitrogens with two attached hydrogens (primary N) is 2. The van der Waals surface area contributed by atoms with E-state index in [1.165, 1.54) is 0 Å². The third-order valence-corrected chi connectivity index (χ3v) is 4.24. The first-order chi connectivity index (χ1) is 8.58. The number of aliphatic hydroxyl groups excluding tert-OH is 1. The Labute approximate surface area is 108 Å². The Morgan fingerprint density at radius 3 is 2.33 bits per heavy atom. The molecule has 1 aliphatic carbocycles.